The number of aromatic carboxylic acids is 2. The van der Waals surface area contributed by atoms with Crippen LogP contribution in [0.2, 0.25) is 0 Å². The maximum absolute atomic E-state index is 12.2. The first kappa shape index (κ1) is 20.5. The summed E-state index contributed by atoms with van der Waals surface area (Å²) in [6, 6.07) is 0. The van der Waals surface area contributed by atoms with Gasteiger partial charge in [-0.05, 0) is 66.9 Å². The van der Waals surface area contributed by atoms with Crippen molar-refractivity contribution in [1.29, 1.82) is 0 Å². The summed E-state index contributed by atoms with van der Waals surface area (Å²) >= 11 is 0. The van der Waals surface area contributed by atoms with Gasteiger partial charge in [0.25, 0.3) is 0 Å². The van der Waals surface area contributed by atoms with E-state index in [9.17, 15) is 19.8 Å². The van der Waals surface area contributed by atoms with Crippen molar-refractivity contribution in [1.82, 2.24) is 0 Å². The van der Waals surface area contributed by atoms with Crippen LogP contribution in [-0.4, -0.2) is 22.2 Å². The summed E-state index contributed by atoms with van der Waals surface area (Å²) in [5.74, 6) is -2.18. The molecule has 0 atom stereocenters. The zero-order valence-electron chi connectivity index (χ0n) is 16.9. The number of anilines is 2. The zero-order chi connectivity index (χ0) is 20.6. The van der Waals surface area contributed by atoms with Crippen LogP contribution in [0.4, 0.5) is 11.4 Å². The average Bonchev–Trinajstić information content (AvgIpc) is 2.63. The second-order valence-corrected chi connectivity index (χ2v) is 9.29. The molecule has 2 saturated carbocycles. The minimum absolute atomic E-state index is 0.0112. The molecule has 0 unspecified atom stereocenters. The maximum atomic E-state index is 12.2. The number of carbonyl (C=O) groups is 2. The standard InChI is InChI=1S/C22H32N2O4/c1-22(2)10-8-13(9-11-22)15-14(12-6-4-3-5-7-12)16(20(25)26)18(23)19(24)17(15)21(27)28/h12-13H,3-11,23-24H2,1-2H3,(H,25,26)(H,27,28). The summed E-state index contributed by atoms with van der Waals surface area (Å²) in [4.78, 5) is 24.4. The minimum Gasteiger partial charge on any atom is -0.478 e. The smallest absolute Gasteiger partial charge is 0.338 e. The summed E-state index contributed by atoms with van der Waals surface area (Å²) in [5, 5.41) is 19.9. The van der Waals surface area contributed by atoms with Crippen molar-refractivity contribution in [3.63, 3.8) is 0 Å². The average molecular weight is 389 g/mol. The van der Waals surface area contributed by atoms with Crippen LogP contribution in [0.15, 0.2) is 0 Å². The quantitative estimate of drug-likeness (QED) is 0.539. The molecule has 1 aromatic rings. The molecular formula is C22H32N2O4. The van der Waals surface area contributed by atoms with E-state index in [0.717, 1.165) is 57.8 Å². The van der Waals surface area contributed by atoms with Crippen LogP contribution in [0, 0.1) is 5.41 Å². The lowest BCUT2D eigenvalue weighted by Crippen LogP contribution is -2.26. The fourth-order valence-electron chi connectivity index (χ4n) is 5.22. The molecule has 2 aliphatic rings. The molecule has 6 heteroatoms. The third kappa shape index (κ3) is 3.69. The molecule has 0 amide bonds. The molecular weight excluding hydrogens is 356 g/mol. The number of nitrogen functional groups attached to an aromatic ring is 2. The predicted octanol–water partition coefficient (Wildman–Crippen LogP) is 4.98. The van der Waals surface area contributed by atoms with E-state index in [-0.39, 0.29) is 39.8 Å². The molecule has 154 valence electrons. The van der Waals surface area contributed by atoms with E-state index >= 15 is 0 Å². The van der Waals surface area contributed by atoms with Gasteiger partial charge in [-0.3, -0.25) is 0 Å². The van der Waals surface area contributed by atoms with Gasteiger partial charge in [0.1, 0.15) is 0 Å². The Morgan fingerprint density at radius 2 is 1.18 bits per heavy atom. The van der Waals surface area contributed by atoms with Crippen molar-refractivity contribution in [3.8, 4) is 0 Å². The first-order chi connectivity index (χ1) is 13.1. The van der Waals surface area contributed by atoms with E-state index in [2.05, 4.69) is 13.8 Å². The highest BCUT2D eigenvalue weighted by Crippen LogP contribution is 2.50. The molecule has 0 radical (unpaired) electrons. The third-order valence-electron chi connectivity index (χ3n) is 6.85. The third-order valence-corrected chi connectivity index (χ3v) is 6.85. The molecule has 0 aliphatic heterocycles. The number of nitrogens with two attached hydrogens (primary N) is 2. The summed E-state index contributed by atoms with van der Waals surface area (Å²) < 4.78 is 0. The largest absolute Gasteiger partial charge is 0.478 e. The highest BCUT2D eigenvalue weighted by atomic mass is 16.4. The summed E-state index contributed by atoms with van der Waals surface area (Å²) in [6.07, 6.45) is 8.55. The van der Waals surface area contributed by atoms with Gasteiger partial charge in [-0.15, -0.1) is 0 Å². The molecule has 3 rings (SSSR count). The van der Waals surface area contributed by atoms with Gasteiger partial charge < -0.3 is 21.7 Å². The van der Waals surface area contributed by atoms with Crippen molar-refractivity contribution >= 4 is 23.3 Å². The van der Waals surface area contributed by atoms with Gasteiger partial charge in [0, 0.05) is 0 Å². The number of hydrogen-bond acceptors (Lipinski definition) is 4. The van der Waals surface area contributed by atoms with Gasteiger partial charge in [0.2, 0.25) is 0 Å². The molecule has 6 N–H and O–H groups in total. The molecule has 0 spiro atoms. The number of rotatable bonds is 4. The van der Waals surface area contributed by atoms with Gasteiger partial charge in [-0.2, -0.15) is 0 Å². The molecule has 6 nitrogen and oxygen atoms in total. The van der Waals surface area contributed by atoms with Gasteiger partial charge in [0.05, 0.1) is 22.5 Å². The second-order valence-electron chi connectivity index (χ2n) is 9.29. The van der Waals surface area contributed by atoms with E-state index in [1.165, 1.54) is 0 Å². The van der Waals surface area contributed by atoms with Crippen LogP contribution in [0.25, 0.3) is 0 Å². The maximum Gasteiger partial charge on any atom is 0.338 e. The minimum atomic E-state index is -1.11. The van der Waals surface area contributed by atoms with Crippen LogP contribution in [-0.2, 0) is 0 Å². The predicted molar refractivity (Wildman–Crippen MR) is 110 cm³/mol. The zero-order valence-corrected chi connectivity index (χ0v) is 16.9. The van der Waals surface area contributed by atoms with Gasteiger partial charge in [-0.1, -0.05) is 33.1 Å². The summed E-state index contributed by atoms with van der Waals surface area (Å²) in [5.41, 5.74) is 13.6. The summed E-state index contributed by atoms with van der Waals surface area (Å²) in [6.45, 7) is 4.45. The van der Waals surface area contributed by atoms with E-state index in [1.54, 1.807) is 0 Å². The Balaban J connectivity index is 2.26. The van der Waals surface area contributed by atoms with E-state index in [0.29, 0.717) is 11.1 Å². The van der Waals surface area contributed by atoms with Crippen molar-refractivity contribution in [2.75, 3.05) is 11.5 Å². The molecule has 0 saturated heterocycles. The lowest BCUT2D eigenvalue weighted by atomic mass is 9.67. The number of carboxylic acid groups (broad SMARTS) is 2. The van der Waals surface area contributed by atoms with Crippen molar-refractivity contribution < 1.29 is 19.8 Å². The molecule has 1 aromatic carbocycles. The van der Waals surface area contributed by atoms with Crippen LogP contribution >= 0.6 is 0 Å². The normalized spacial score (nSPS) is 20.8. The van der Waals surface area contributed by atoms with Crippen molar-refractivity contribution in [2.45, 2.75) is 83.5 Å². The molecule has 0 bridgehead atoms. The summed E-state index contributed by atoms with van der Waals surface area (Å²) in [7, 11) is 0. The van der Waals surface area contributed by atoms with Crippen LogP contribution < -0.4 is 11.5 Å². The van der Waals surface area contributed by atoms with E-state index < -0.39 is 11.9 Å². The fraction of sp³-hybridized carbons (Fsp3) is 0.636. The molecule has 2 aliphatic carbocycles. The topological polar surface area (TPSA) is 127 Å². The molecule has 2 fully saturated rings. The Labute approximate surface area is 166 Å². The van der Waals surface area contributed by atoms with Crippen LogP contribution in [0.1, 0.15) is 115 Å². The molecule has 0 heterocycles. The lowest BCUT2D eigenvalue weighted by molar-refractivity contribution is 0.0678. The molecule has 0 aromatic heterocycles. The highest BCUT2D eigenvalue weighted by molar-refractivity contribution is 6.07. The Morgan fingerprint density at radius 3 is 1.57 bits per heavy atom. The monoisotopic (exact) mass is 388 g/mol. The number of benzene rings is 1. The van der Waals surface area contributed by atoms with Crippen molar-refractivity contribution in [2.24, 2.45) is 5.41 Å². The first-order valence-electron chi connectivity index (χ1n) is 10.4. The highest BCUT2D eigenvalue weighted by Gasteiger charge is 2.37. The van der Waals surface area contributed by atoms with E-state index in [4.69, 9.17) is 11.5 Å². The van der Waals surface area contributed by atoms with E-state index in [1.807, 2.05) is 0 Å². The van der Waals surface area contributed by atoms with Crippen molar-refractivity contribution in [3.05, 3.63) is 22.3 Å². The SMILES string of the molecule is CC1(C)CCC(c2c(C(=O)O)c(N)c(N)c(C(=O)O)c2C2CCCCC2)CC1. The Kier molecular flexibility index (Phi) is 5.60. The number of carboxylic acids is 2. The van der Waals surface area contributed by atoms with Gasteiger partial charge in [-0.25, -0.2) is 9.59 Å². The Bertz CT molecular complexity index is 784. The second kappa shape index (κ2) is 7.64. The van der Waals surface area contributed by atoms with Gasteiger partial charge >= 0.3 is 11.9 Å². The van der Waals surface area contributed by atoms with Crippen LogP contribution in [0.3, 0.4) is 0 Å². The molecule has 28 heavy (non-hydrogen) atoms. The number of hydrogen-bond donors (Lipinski definition) is 4. The lowest BCUT2D eigenvalue weighted by Gasteiger charge is -2.38. The Hall–Kier alpha value is -2.24. The first-order valence-corrected chi connectivity index (χ1v) is 10.4. The fourth-order valence-corrected chi connectivity index (χ4v) is 5.22. The van der Waals surface area contributed by atoms with Gasteiger partial charge in [0.15, 0.2) is 0 Å². The van der Waals surface area contributed by atoms with Crippen LogP contribution in [0.5, 0.6) is 0 Å². The Morgan fingerprint density at radius 1 is 0.786 bits per heavy atom.